The van der Waals surface area contributed by atoms with Crippen LogP contribution in [0.2, 0.25) is 0 Å². The summed E-state index contributed by atoms with van der Waals surface area (Å²) >= 11 is 0. The number of carboxylic acids is 1. The number of amides is 1. The van der Waals surface area contributed by atoms with Crippen molar-refractivity contribution in [3.8, 4) is 0 Å². The molecule has 1 amide bonds. The van der Waals surface area contributed by atoms with E-state index in [0.717, 1.165) is 12.0 Å². The van der Waals surface area contributed by atoms with Gasteiger partial charge in [0.05, 0.1) is 0 Å². The highest BCUT2D eigenvalue weighted by atomic mass is 16.4. The Morgan fingerprint density at radius 3 is 2.50 bits per heavy atom. The number of carbonyl (C=O) groups is 2. The van der Waals surface area contributed by atoms with Crippen molar-refractivity contribution in [2.24, 2.45) is 0 Å². The lowest BCUT2D eigenvalue weighted by atomic mass is 10.1. The van der Waals surface area contributed by atoms with Crippen LogP contribution in [0, 0.1) is 0 Å². The summed E-state index contributed by atoms with van der Waals surface area (Å²) in [4.78, 5) is 21.8. The Labute approximate surface area is 117 Å². The van der Waals surface area contributed by atoms with Crippen LogP contribution in [-0.4, -0.2) is 34.7 Å². The highest BCUT2D eigenvalue weighted by molar-refractivity contribution is 5.91. The van der Waals surface area contributed by atoms with Crippen LogP contribution in [0.15, 0.2) is 30.3 Å². The molecule has 1 unspecified atom stereocenters. The minimum atomic E-state index is -1.44. The summed E-state index contributed by atoms with van der Waals surface area (Å²) in [6, 6.07) is 7.86. The summed E-state index contributed by atoms with van der Waals surface area (Å²) in [6.45, 7) is 2.19. The molecule has 0 spiro atoms. The van der Waals surface area contributed by atoms with Crippen molar-refractivity contribution >= 4 is 18.0 Å². The second-order valence-electron chi connectivity index (χ2n) is 4.36. The van der Waals surface area contributed by atoms with Crippen molar-refractivity contribution in [3.05, 3.63) is 41.5 Å². The van der Waals surface area contributed by atoms with Crippen LogP contribution in [0.25, 0.3) is 6.08 Å². The number of aliphatic hydroxyl groups is 1. The number of aryl methyl sites for hydroxylation is 1. The molecule has 1 aromatic carbocycles. The third-order valence-electron chi connectivity index (χ3n) is 2.82. The van der Waals surface area contributed by atoms with Crippen LogP contribution in [0.1, 0.15) is 24.5 Å². The first-order chi connectivity index (χ1) is 9.52. The Balaban J connectivity index is 2.37. The molecular formula is C15H19NO4. The molecule has 1 atom stereocenters. The van der Waals surface area contributed by atoms with E-state index in [0.29, 0.717) is 0 Å². The predicted molar refractivity (Wildman–Crippen MR) is 76.1 cm³/mol. The molecule has 0 heterocycles. The van der Waals surface area contributed by atoms with Crippen LogP contribution >= 0.6 is 0 Å². The smallest absolute Gasteiger partial charge is 0.332 e. The zero-order chi connectivity index (χ0) is 15.0. The monoisotopic (exact) mass is 277 g/mol. The van der Waals surface area contributed by atoms with Gasteiger partial charge in [-0.15, -0.1) is 0 Å². The third-order valence-corrected chi connectivity index (χ3v) is 2.82. The van der Waals surface area contributed by atoms with Gasteiger partial charge in [-0.25, -0.2) is 4.79 Å². The molecule has 3 N–H and O–H groups in total. The van der Waals surface area contributed by atoms with Gasteiger partial charge in [0.15, 0.2) is 6.10 Å². The Morgan fingerprint density at radius 2 is 1.95 bits per heavy atom. The normalized spacial score (nSPS) is 12.3. The number of nitrogens with one attached hydrogen (secondary N) is 1. The van der Waals surface area contributed by atoms with Crippen LogP contribution in [0.4, 0.5) is 0 Å². The molecular weight excluding hydrogens is 258 g/mol. The maximum Gasteiger partial charge on any atom is 0.332 e. The first-order valence-corrected chi connectivity index (χ1v) is 6.48. The average molecular weight is 277 g/mol. The number of carboxylic acid groups (broad SMARTS) is 1. The molecule has 0 saturated carbocycles. The van der Waals surface area contributed by atoms with Crippen molar-refractivity contribution in [1.29, 1.82) is 0 Å². The minimum absolute atomic E-state index is 0.0138. The van der Waals surface area contributed by atoms with Crippen LogP contribution in [0.3, 0.4) is 0 Å². The maximum atomic E-state index is 11.5. The van der Waals surface area contributed by atoms with Crippen LogP contribution in [0.5, 0.6) is 0 Å². The van der Waals surface area contributed by atoms with Crippen molar-refractivity contribution in [3.63, 3.8) is 0 Å². The second-order valence-corrected chi connectivity index (χ2v) is 4.36. The first kappa shape index (κ1) is 15.9. The van der Waals surface area contributed by atoms with Gasteiger partial charge >= 0.3 is 5.97 Å². The lowest BCUT2D eigenvalue weighted by Crippen LogP contribution is -2.28. The predicted octanol–water partition coefficient (Wildman–Crippen LogP) is 1.21. The molecule has 1 aromatic rings. The largest absolute Gasteiger partial charge is 0.479 e. The number of aliphatic carboxylic acids is 1. The zero-order valence-electron chi connectivity index (χ0n) is 11.4. The number of aliphatic hydroxyl groups excluding tert-OH is 1. The fourth-order valence-electron chi connectivity index (χ4n) is 1.55. The molecule has 0 radical (unpaired) electrons. The molecule has 0 bridgehead atoms. The van der Waals surface area contributed by atoms with E-state index in [9.17, 15) is 9.59 Å². The minimum Gasteiger partial charge on any atom is -0.479 e. The van der Waals surface area contributed by atoms with Crippen LogP contribution in [-0.2, 0) is 16.0 Å². The second kappa shape index (κ2) is 8.12. The van der Waals surface area contributed by atoms with Crippen molar-refractivity contribution in [1.82, 2.24) is 5.32 Å². The maximum absolute atomic E-state index is 11.5. The van der Waals surface area contributed by atoms with Gasteiger partial charge in [0.1, 0.15) is 0 Å². The molecule has 0 fully saturated rings. The number of hydrogen-bond donors (Lipinski definition) is 3. The topological polar surface area (TPSA) is 86.6 Å². The molecule has 5 nitrogen and oxygen atoms in total. The Hall–Kier alpha value is -2.14. The van der Waals surface area contributed by atoms with E-state index in [1.807, 2.05) is 24.3 Å². The first-order valence-electron chi connectivity index (χ1n) is 6.48. The lowest BCUT2D eigenvalue weighted by Gasteiger charge is -2.05. The Kier molecular flexibility index (Phi) is 6.46. The summed E-state index contributed by atoms with van der Waals surface area (Å²) in [5.74, 6) is -1.60. The van der Waals surface area contributed by atoms with Gasteiger partial charge < -0.3 is 15.5 Å². The molecule has 0 aliphatic carbocycles. The van der Waals surface area contributed by atoms with Gasteiger partial charge in [-0.2, -0.15) is 0 Å². The molecule has 20 heavy (non-hydrogen) atoms. The Morgan fingerprint density at radius 1 is 1.30 bits per heavy atom. The fourth-order valence-corrected chi connectivity index (χ4v) is 1.55. The lowest BCUT2D eigenvalue weighted by molar-refractivity contribution is -0.147. The van der Waals surface area contributed by atoms with Crippen molar-refractivity contribution < 1.29 is 19.8 Å². The summed E-state index contributed by atoms with van der Waals surface area (Å²) in [5, 5.41) is 20.0. The van der Waals surface area contributed by atoms with Crippen LogP contribution < -0.4 is 5.32 Å². The molecule has 0 aromatic heterocycles. The average Bonchev–Trinajstić information content (AvgIpc) is 2.45. The molecule has 1 rings (SSSR count). The number of hydrogen-bond acceptors (Lipinski definition) is 3. The third kappa shape index (κ3) is 5.67. The van der Waals surface area contributed by atoms with E-state index in [2.05, 4.69) is 12.2 Å². The van der Waals surface area contributed by atoms with E-state index in [-0.39, 0.29) is 18.9 Å². The summed E-state index contributed by atoms with van der Waals surface area (Å²) in [7, 11) is 0. The van der Waals surface area contributed by atoms with E-state index in [4.69, 9.17) is 10.2 Å². The fraction of sp³-hybridized carbons (Fsp3) is 0.333. The standard InChI is InChI=1S/C15H19NO4/c1-2-11-3-5-12(6-4-11)7-8-14(18)16-10-9-13(17)15(19)20/h3-8,13,17H,2,9-10H2,1H3,(H,16,18)(H,19,20)/b8-7+. The van der Waals surface area contributed by atoms with Gasteiger partial charge in [-0.05, 0) is 23.6 Å². The van der Waals surface area contributed by atoms with Gasteiger partial charge in [0.25, 0.3) is 0 Å². The van der Waals surface area contributed by atoms with Gasteiger partial charge in [0.2, 0.25) is 5.91 Å². The number of rotatable bonds is 7. The molecule has 0 saturated heterocycles. The van der Waals surface area contributed by atoms with Gasteiger partial charge in [0, 0.05) is 19.0 Å². The molecule has 0 aliphatic rings. The quantitative estimate of drug-likeness (QED) is 0.654. The van der Waals surface area contributed by atoms with Gasteiger partial charge in [-0.3, -0.25) is 4.79 Å². The highest BCUT2D eigenvalue weighted by Gasteiger charge is 2.12. The highest BCUT2D eigenvalue weighted by Crippen LogP contribution is 2.06. The Bertz CT molecular complexity index is 479. The molecule has 5 heteroatoms. The molecule has 0 aliphatic heterocycles. The van der Waals surface area contributed by atoms with E-state index < -0.39 is 12.1 Å². The summed E-state index contributed by atoms with van der Waals surface area (Å²) in [6.07, 6.45) is 2.58. The number of benzene rings is 1. The zero-order valence-corrected chi connectivity index (χ0v) is 11.4. The van der Waals surface area contributed by atoms with Crippen molar-refractivity contribution in [2.75, 3.05) is 6.54 Å². The van der Waals surface area contributed by atoms with Crippen molar-refractivity contribution in [2.45, 2.75) is 25.9 Å². The summed E-state index contributed by atoms with van der Waals surface area (Å²) < 4.78 is 0. The van der Waals surface area contributed by atoms with E-state index >= 15 is 0 Å². The number of carbonyl (C=O) groups excluding carboxylic acids is 1. The van der Waals surface area contributed by atoms with E-state index in [1.54, 1.807) is 6.08 Å². The molecule has 108 valence electrons. The van der Waals surface area contributed by atoms with E-state index in [1.165, 1.54) is 11.6 Å². The summed E-state index contributed by atoms with van der Waals surface area (Å²) in [5.41, 5.74) is 2.15. The SMILES string of the molecule is CCc1ccc(/C=C/C(=O)NCCC(O)C(=O)O)cc1. The van der Waals surface area contributed by atoms with Gasteiger partial charge in [-0.1, -0.05) is 31.2 Å².